The normalized spacial score (nSPS) is 17.7. The van der Waals surface area contributed by atoms with Gasteiger partial charge in [0.2, 0.25) is 0 Å². The maximum atomic E-state index is 9.04. The molecule has 0 atom stereocenters. The lowest BCUT2D eigenvalue weighted by Gasteiger charge is -2.19. The largest absolute Gasteiger partial charge is 0.490 e. The van der Waals surface area contributed by atoms with Crippen LogP contribution in [0.5, 0.6) is 5.75 Å². The Morgan fingerprint density at radius 1 is 1.06 bits per heavy atom. The molecule has 2 nitrogen and oxygen atoms in total. The highest BCUT2D eigenvalue weighted by Gasteiger charge is 2.14. The highest BCUT2D eigenvalue weighted by molar-refractivity contribution is 5.33. The van der Waals surface area contributed by atoms with E-state index in [0.29, 0.717) is 12.5 Å². The third-order valence-corrected chi connectivity index (χ3v) is 3.45. The molecular formula is C15H22O2. The van der Waals surface area contributed by atoms with Crippen LogP contribution in [-0.4, -0.2) is 17.8 Å². The Balaban J connectivity index is 2.00. The van der Waals surface area contributed by atoms with Crippen molar-refractivity contribution in [3.63, 3.8) is 0 Å². The minimum absolute atomic E-state index is 0.186. The summed E-state index contributed by atoms with van der Waals surface area (Å²) in [5, 5.41) is 9.04. The lowest BCUT2D eigenvalue weighted by Crippen LogP contribution is -2.16. The van der Waals surface area contributed by atoms with Crippen molar-refractivity contribution in [1.29, 1.82) is 0 Å². The monoisotopic (exact) mass is 234 g/mol. The Labute approximate surface area is 104 Å². The number of hydrogen-bond acceptors (Lipinski definition) is 2. The average molecular weight is 234 g/mol. The first-order valence-electron chi connectivity index (χ1n) is 6.75. The van der Waals surface area contributed by atoms with Crippen LogP contribution in [0, 0.1) is 0 Å². The predicted molar refractivity (Wildman–Crippen MR) is 69.3 cm³/mol. The molecule has 0 saturated heterocycles. The smallest absolute Gasteiger partial charge is 0.122 e. The fourth-order valence-corrected chi connectivity index (χ4v) is 2.49. The summed E-state index contributed by atoms with van der Waals surface area (Å²) in [4.78, 5) is 0. The molecule has 1 aromatic carbocycles. The first-order valence-corrected chi connectivity index (χ1v) is 6.75. The van der Waals surface area contributed by atoms with E-state index in [2.05, 4.69) is 0 Å². The van der Waals surface area contributed by atoms with Crippen LogP contribution in [0.15, 0.2) is 24.3 Å². The topological polar surface area (TPSA) is 29.5 Å². The Morgan fingerprint density at radius 3 is 2.47 bits per heavy atom. The molecule has 1 aliphatic carbocycles. The molecule has 0 aromatic heterocycles. The highest BCUT2D eigenvalue weighted by atomic mass is 16.5. The number of aliphatic hydroxyl groups is 1. The second-order valence-corrected chi connectivity index (χ2v) is 4.81. The summed E-state index contributed by atoms with van der Waals surface area (Å²) in [6.07, 6.45) is 8.66. The average Bonchev–Trinajstić information content (AvgIpc) is 2.61. The molecule has 1 fully saturated rings. The Morgan fingerprint density at radius 2 is 1.76 bits per heavy atom. The number of ether oxygens (including phenoxy) is 1. The molecule has 0 unspecified atom stereocenters. The molecule has 1 saturated carbocycles. The number of para-hydroxylation sites is 1. The number of hydrogen-bond donors (Lipinski definition) is 1. The summed E-state index contributed by atoms with van der Waals surface area (Å²) in [6, 6.07) is 8.08. The lowest BCUT2D eigenvalue weighted by atomic mass is 10.1. The molecule has 1 N–H and O–H groups in total. The van der Waals surface area contributed by atoms with E-state index < -0.39 is 0 Å². The van der Waals surface area contributed by atoms with Crippen LogP contribution in [0.25, 0.3) is 0 Å². The van der Waals surface area contributed by atoms with Crippen molar-refractivity contribution in [2.45, 2.75) is 51.0 Å². The molecule has 17 heavy (non-hydrogen) atoms. The molecule has 0 radical (unpaired) electrons. The minimum Gasteiger partial charge on any atom is -0.490 e. The number of aliphatic hydroxyl groups excluding tert-OH is 1. The first kappa shape index (κ1) is 12.4. The third-order valence-electron chi connectivity index (χ3n) is 3.45. The molecule has 2 rings (SSSR count). The van der Waals surface area contributed by atoms with Gasteiger partial charge in [0, 0.05) is 6.61 Å². The molecule has 0 amide bonds. The van der Waals surface area contributed by atoms with Crippen LogP contribution in [-0.2, 0) is 6.42 Å². The van der Waals surface area contributed by atoms with E-state index in [9.17, 15) is 0 Å². The first-order chi connectivity index (χ1) is 8.40. The van der Waals surface area contributed by atoms with Gasteiger partial charge < -0.3 is 9.84 Å². The zero-order valence-electron chi connectivity index (χ0n) is 10.4. The molecule has 1 aromatic rings. The van der Waals surface area contributed by atoms with Crippen molar-refractivity contribution in [2.75, 3.05) is 6.61 Å². The molecular weight excluding hydrogens is 212 g/mol. The molecule has 0 spiro atoms. The Kier molecular flexibility index (Phi) is 4.87. The van der Waals surface area contributed by atoms with Gasteiger partial charge in [0.1, 0.15) is 5.75 Å². The predicted octanol–water partition coefficient (Wildman–Crippen LogP) is 3.32. The van der Waals surface area contributed by atoms with Gasteiger partial charge in [-0.3, -0.25) is 0 Å². The van der Waals surface area contributed by atoms with Crippen molar-refractivity contribution >= 4 is 0 Å². The minimum atomic E-state index is 0.186. The maximum absolute atomic E-state index is 9.04. The van der Waals surface area contributed by atoms with E-state index in [1.165, 1.54) is 38.5 Å². The Hall–Kier alpha value is -1.02. The number of benzene rings is 1. The van der Waals surface area contributed by atoms with Crippen LogP contribution in [0.3, 0.4) is 0 Å². The van der Waals surface area contributed by atoms with Gasteiger partial charge in [0.15, 0.2) is 0 Å². The second kappa shape index (κ2) is 6.65. The standard InChI is InChI=1S/C15H22O2/c16-12-11-13-7-5-6-10-15(13)17-14-8-3-1-2-4-9-14/h5-7,10,14,16H,1-4,8-9,11-12H2. The maximum Gasteiger partial charge on any atom is 0.122 e. The fraction of sp³-hybridized carbons (Fsp3) is 0.600. The molecule has 94 valence electrons. The van der Waals surface area contributed by atoms with Gasteiger partial charge in [-0.1, -0.05) is 31.0 Å². The molecule has 0 aliphatic heterocycles. The summed E-state index contributed by atoms with van der Waals surface area (Å²) >= 11 is 0. The van der Waals surface area contributed by atoms with E-state index in [1.54, 1.807) is 0 Å². The van der Waals surface area contributed by atoms with E-state index in [4.69, 9.17) is 9.84 Å². The van der Waals surface area contributed by atoms with Crippen molar-refractivity contribution in [3.8, 4) is 5.75 Å². The molecule has 2 heteroatoms. The quantitative estimate of drug-likeness (QED) is 0.810. The van der Waals surface area contributed by atoms with Gasteiger partial charge in [-0.15, -0.1) is 0 Å². The molecule has 1 aliphatic rings. The van der Waals surface area contributed by atoms with Gasteiger partial charge >= 0.3 is 0 Å². The van der Waals surface area contributed by atoms with Crippen LogP contribution in [0.1, 0.15) is 44.1 Å². The van der Waals surface area contributed by atoms with Gasteiger partial charge in [-0.05, 0) is 43.7 Å². The summed E-state index contributed by atoms with van der Waals surface area (Å²) < 4.78 is 6.11. The van der Waals surface area contributed by atoms with Crippen LogP contribution < -0.4 is 4.74 Å². The summed E-state index contributed by atoms with van der Waals surface area (Å²) in [5.41, 5.74) is 1.12. The van der Waals surface area contributed by atoms with E-state index in [1.807, 2.05) is 24.3 Å². The second-order valence-electron chi connectivity index (χ2n) is 4.81. The van der Waals surface area contributed by atoms with Crippen molar-refractivity contribution < 1.29 is 9.84 Å². The summed E-state index contributed by atoms with van der Waals surface area (Å²) in [6.45, 7) is 0.186. The highest BCUT2D eigenvalue weighted by Crippen LogP contribution is 2.25. The van der Waals surface area contributed by atoms with E-state index in [0.717, 1.165) is 11.3 Å². The molecule has 0 bridgehead atoms. The molecule has 0 heterocycles. The Bertz CT molecular complexity index is 327. The van der Waals surface area contributed by atoms with Crippen molar-refractivity contribution in [3.05, 3.63) is 29.8 Å². The fourth-order valence-electron chi connectivity index (χ4n) is 2.49. The van der Waals surface area contributed by atoms with E-state index in [-0.39, 0.29) is 6.61 Å². The van der Waals surface area contributed by atoms with Crippen molar-refractivity contribution in [1.82, 2.24) is 0 Å². The lowest BCUT2D eigenvalue weighted by molar-refractivity contribution is 0.181. The summed E-state index contributed by atoms with van der Waals surface area (Å²) in [5.74, 6) is 0.966. The zero-order chi connectivity index (χ0) is 11.9. The third kappa shape index (κ3) is 3.74. The summed E-state index contributed by atoms with van der Waals surface area (Å²) in [7, 11) is 0. The number of rotatable bonds is 4. The van der Waals surface area contributed by atoms with Gasteiger partial charge in [0.05, 0.1) is 6.10 Å². The van der Waals surface area contributed by atoms with Gasteiger partial charge in [-0.2, -0.15) is 0 Å². The van der Waals surface area contributed by atoms with E-state index >= 15 is 0 Å². The SMILES string of the molecule is OCCc1ccccc1OC1CCCCCC1. The van der Waals surface area contributed by atoms with Crippen LogP contribution in [0.2, 0.25) is 0 Å². The zero-order valence-corrected chi connectivity index (χ0v) is 10.4. The van der Waals surface area contributed by atoms with Gasteiger partial charge in [-0.25, -0.2) is 0 Å². The van der Waals surface area contributed by atoms with Crippen LogP contribution >= 0.6 is 0 Å². The van der Waals surface area contributed by atoms with Crippen molar-refractivity contribution in [2.24, 2.45) is 0 Å². The van der Waals surface area contributed by atoms with Gasteiger partial charge in [0.25, 0.3) is 0 Å². The van der Waals surface area contributed by atoms with Crippen LogP contribution in [0.4, 0.5) is 0 Å².